The van der Waals surface area contributed by atoms with Gasteiger partial charge in [0.1, 0.15) is 0 Å². The van der Waals surface area contributed by atoms with E-state index < -0.39 is 11.4 Å². The molecule has 1 atom stereocenters. The van der Waals surface area contributed by atoms with Crippen molar-refractivity contribution >= 4 is 23.8 Å². The van der Waals surface area contributed by atoms with E-state index in [1.54, 1.807) is 11.8 Å². The van der Waals surface area contributed by atoms with Crippen molar-refractivity contribution in [2.24, 2.45) is 5.41 Å². The van der Waals surface area contributed by atoms with Gasteiger partial charge in [-0.3, -0.25) is 4.79 Å². The van der Waals surface area contributed by atoms with Gasteiger partial charge in [0.25, 0.3) is 0 Å². The van der Waals surface area contributed by atoms with Crippen LogP contribution in [-0.4, -0.2) is 41.7 Å². The zero-order valence-electron chi connectivity index (χ0n) is 12.4. The van der Waals surface area contributed by atoms with Gasteiger partial charge in [0.15, 0.2) is 0 Å². The number of carbonyl (C=O) groups is 2. The minimum absolute atomic E-state index is 0.224. The van der Waals surface area contributed by atoms with Crippen LogP contribution in [0.25, 0.3) is 0 Å². The standard InChI is InChI=1S/C14H26N2O3S/c1-11(20-2)9-15-13(19)16-10-14(12(17)18)7-5-3-4-6-8-14/h11H,3-10H2,1-2H3,(H,17,18)(H2,15,16,19). The van der Waals surface area contributed by atoms with Crippen molar-refractivity contribution in [2.75, 3.05) is 19.3 Å². The molecule has 20 heavy (non-hydrogen) atoms. The number of hydrogen-bond acceptors (Lipinski definition) is 3. The number of urea groups is 1. The Labute approximate surface area is 125 Å². The highest BCUT2D eigenvalue weighted by Gasteiger charge is 2.38. The molecule has 116 valence electrons. The van der Waals surface area contributed by atoms with Gasteiger partial charge in [-0.1, -0.05) is 32.6 Å². The first-order valence-corrected chi connectivity index (χ1v) is 8.57. The number of nitrogens with one attached hydrogen (secondary N) is 2. The van der Waals surface area contributed by atoms with Crippen LogP contribution < -0.4 is 10.6 Å². The molecule has 0 radical (unpaired) electrons. The maximum Gasteiger partial charge on any atom is 0.314 e. The number of carboxylic acids is 1. The van der Waals surface area contributed by atoms with Gasteiger partial charge in [-0.2, -0.15) is 11.8 Å². The Morgan fingerprint density at radius 3 is 2.30 bits per heavy atom. The molecule has 0 aromatic carbocycles. The lowest BCUT2D eigenvalue weighted by atomic mass is 9.80. The van der Waals surface area contributed by atoms with Gasteiger partial charge in [0.05, 0.1) is 5.41 Å². The first-order valence-electron chi connectivity index (χ1n) is 7.28. The molecule has 0 bridgehead atoms. The van der Waals surface area contributed by atoms with Crippen molar-refractivity contribution in [3.05, 3.63) is 0 Å². The lowest BCUT2D eigenvalue weighted by Gasteiger charge is -2.28. The van der Waals surface area contributed by atoms with Crippen molar-refractivity contribution in [2.45, 2.75) is 50.7 Å². The van der Waals surface area contributed by atoms with Crippen LogP contribution in [0.2, 0.25) is 0 Å². The summed E-state index contributed by atoms with van der Waals surface area (Å²) in [7, 11) is 0. The van der Waals surface area contributed by atoms with Crippen LogP contribution in [0.5, 0.6) is 0 Å². The molecule has 2 amide bonds. The fraction of sp³-hybridized carbons (Fsp3) is 0.857. The van der Waals surface area contributed by atoms with Crippen molar-refractivity contribution in [1.29, 1.82) is 0 Å². The fourth-order valence-corrected chi connectivity index (χ4v) is 2.75. The second-order valence-corrected chi connectivity index (χ2v) is 6.89. The van der Waals surface area contributed by atoms with Crippen molar-refractivity contribution in [3.63, 3.8) is 0 Å². The number of aliphatic carboxylic acids is 1. The van der Waals surface area contributed by atoms with Gasteiger partial charge in [-0.25, -0.2) is 4.79 Å². The molecule has 6 heteroatoms. The van der Waals surface area contributed by atoms with E-state index in [-0.39, 0.29) is 12.6 Å². The maximum absolute atomic E-state index is 11.7. The highest BCUT2D eigenvalue weighted by Crippen LogP contribution is 2.34. The molecule has 5 nitrogen and oxygen atoms in total. The zero-order chi connectivity index (χ0) is 15.0. The van der Waals surface area contributed by atoms with Crippen LogP contribution in [0.1, 0.15) is 45.4 Å². The molecule has 0 aromatic heterocycles. The summed E-state index contributed by atoms with van der Waals surface area (Å²) < 4.78 is 0. The number of thioether (sulfide) groups is 1. The summed E-state index contributed by atoms with van der Waals surface area (Å²) in [4.78, 5) is 23.3. The molecule has 0 saturated heterocycles. The van der Waals surface area contributed by atoms with Crippen LogP contribution in [0.3, 0.4) is 0 Å². The molecule has 3 N–H and O–H groups in total. The van der Waals surface area contributed by atoms with Gasteiger partial charge < -0.3 is 15.7 Å². The number of amides is 2. The predicted molar refractivity (Wildman–Crippen MR) is 82.1 cm³/mol. The summed E-state index contributed by atoms with van der Waals surface area (Å²) in [5, 5.41) is 15.4. The Morgan fingerprint density at radius 2 is 1.80 bits per heavy atom. The Kier molecular flexibility index (Phi) is 7.19. The van der Waals surface area contributed by atoms with Gasteiger partial charge in [-0.05, 0) is 19.1 Å². The molecule has 1 unspecified atom stereocenters. The minimum Gasteiger partial charge on any atom is -0.481 e. The molecule has 1 aliphatic carbocycles. The van der Waals surface area contributed by atoms with Gasteiger partial charge in [-0.15, -0.1) is 0 Å². The highest BCUT2D eigenvalue weighted by molar-refractivity contribution is 7.99. The third kappa shape index (κ3) is 5.23. The summed E-state index contributed by atoms with van der Waals surface area (Å²) >= 11 is 1.68. The van der Waals surface area contributed by atoms with Crippen LogP contribution in [-0.2, 0) is 4.79 Å². The number of rotatable bonds is 6. The van der Waals surface area contributed by atoms with E-state index in [1.807, 2.05) is 13.2 Å². The first kappa shape index (κ1) is 17.1. The smallest absolute Gasteiger partial charge is 0.314 e. The molecule has 1 fully saturated rings. The van der Waals surface area contributed by atoms with Gasteiger partial charge in [0, 0.05) is 18.3 Å². The third-order valence-electron chi connectivity index (χ3n) is 4.05. The quantitative estimate of drug-likeness (QED) is 0.659. The molecular weight excluding hydrogens is 276 g/mol. The molecular formula is C14H26N2O3S. The van der Waals surface area contributed by atoms with Crippen LogP contribution >= 0.6 is 11.8 Å². The molecule has 1 rings (SSSR count). The Hall–Kier alpha value is -0.910. The molecule has 1 saturated carbocycles. The Bertz CT molecular complexity index is 328. The Morgan fingerprint density at radius 1 is 1.20 bits per heavy atom. The van der Waals surface area contributed by atoms with Crippen LogP contribution in [0.15, 0.2) is 0 Å². The largest absolute Gasteiger partial charge is 0.481 e. The van der Waals surface area contributed by atoms with Crippen molar-refractivity contribution in [3.8, 4) is 0 Å². The van der Waals surface area contributed by atoms with E-state index in [9.17, 15) is 14.7 Å². The van der Waals surface area contributed by atoms with Crippen LogP contribution in [0, 0.1) is 5.41 Å². The Balaban J connectivity index is 2.46. The molecule has 0 aliphatic heterocycles. The summed E-state index contributed by atoms with van der Waals surface area (Å²) in [6, 6.07) is -0.268. The summed E-state index contributed by atoms with van der Waals surface area (Å²) in [5.74, 6) is -0.780. The van der Waals surface area contributed by atoms with Gasteiger partial charge in [0.2, 0.25) is 0 Å². The van der Waals surface area contributed by atoms with E-state index in [1.165, 1.54) is 0 Å². The molecule has 0 heterocycles. The molecule has 0 spiro atoms. The summed E-state index contributed by atoms with van der Waals surface area (Å²) in [6.07, 6.45) is 7.35. The average Bonchev–Trinajstić information content (AvgIpc) is 2.69. The van der Waals surface area contributed by atoms with Crippen molar-refractivity contribution < 1.29 is 14.7 Å². The van der Waals surface area contributed by atoms with E-state index in [4.69, 9.17) is 0 Å². The lowest BCUT2D eigenvalue weighted by molar-refractivity contribution is -0.149. The fourth-order valence-electron chi connectivity index (χ4n) is 2.50. The molecule has 1 aliphatic rings. The number of carboxylic acid groups (broad SMARTS) is 1. The van der Waals surface area contributed by atoms with E-state index in [2.05, 4.69) is 10.6 Å². The van der Waals surface area contributed by atoms with E-state index in [0.717, 1.165) is 25.7 Å². The van der Waals surface area contributed by atoms with Gasteiger partial charge >= 0.3 is 12.0 Å². The average molecular weight is 302 g/mol. The van der Waals surface area contributed by atoms with E-state index in [0.29, 0.717) is 24.6 Å². The molecule has 0 aromatic rings. The van der Waals surface area contributed by atoms with E-state index >= 15 is 0 Å². The predicted octanol–water partition coefficient (Wildman–Crippen LogP) is 2.46. The minimum atomic E-state index is -0.780. The second-order valence-electron chi connectivity index (χ2n) is 5.61. The first-order chi connectivity index (χ1) is 9.50. The monoisotopic (exact) mass is 302 g/mol. The third-order valence-corrected chi connectivity index (χ3v) is 5.03. The lowest BCUT2D eigenvalue weighted by Crippen LogP contribution is -2.47. The zero-order valence-corrected chi connectivity index (χ0v) is 13.2. The highest BCUT2D eigenvalue weighted by atomic mass is 32.2. The summed E-state index contributed by atoms with van der Waals surface area (Å²) in [6.45, 7) is 2.85. The topological polar surface area (TPSA) is 78.4 Å². The SMILES string of the molecule is CSC(C)CNC(=O)NCC1(C(=O)O)CCCCCC1. The number of hydrogen-bond donors (Lipinski definition) is 3. The maximum atomic E-state index is 11.7. The normalized spacial score (nSPS) is 19.7. The number of carbonyl (C=O) groups excluding carboxylic acids is 1. The van der Waals surface area contributed by atoms with Crippen LogP contribution in [0.4, 0.5) is 4.79 Å². The van der Waals surface area contributed by atoms with Crippen molar-refractivity contribution in [1.82, 2.24) is 10.6 Å². The summed E-state index contributed by atoms with van der Waals surface area (Å²) in [5.41, 5.74) is -0.779. The second kappa shape index (κ2) is 8.39.